The molecule has 1 aliphatic rings. The van der Waals surface area contributed by atoms with E-state index in [0.29, 0.717) is 11.3 Å². The van der Waals surface area contributed by atoms with Crippen LogP contribution in [-0.2, 0) is 4.79 Å². The van der Waals surface area contributed by atoms with Crippen LogP contribution in [0.25, 0.3) is 0 Å². The molecule has 1 rings (SSSR count). The fourth-order valence-electron chi connectivity index (χ4n) is 1.95. The molecule has 0 bridgehead atoms. The Bertz CT molecular complexity index is 210. The van der Waals surface area contributed by atoms with E-state index in [4.69, 9.17) is 5.11 Å². The van der Waals surface area contributed by atoms with Crippen LogP contribution in [0, 0.1) is 0 Å². The van der Waals surface area contributed by atoms with Gasteiger partial charge in [0.15, 0.2) is 0 Å². The Labute approximate surface area is 89.9 Å². The van der Waals surface area contributed by atoms with E-state index in [0.717, 1.165) is 12.3 Å². The summed E-state index contributed by atoms with van der Waals surface area (Å²) in [6.45, 7) is 7.43. The van der Waals surface area contributed by atoms with E-state index in [2.05, 4.69) is 18.7 Å². The summed E-state index contributed by atoms with van der Waals surface area (Å²) >= 11 is 1.98. The van der Waals surface area contributed by atoms with E-state index < -0.39 is 5.97 Å². The number of hydrogen-bond donors (Lipinski definition) is 1. The molecule has 1 aliphatic heterocycles. The van der Waals surface area contributed by atoms with Gasteiger partial charge in [0, 0.05) is 29.6 Å². The van der Waals surface area contributed by atoms with E-state index in [1.807, 2.05) is 18.7 Å². The Hall–Kier alpha value is -0.220. The van der Waals surface area contributed by atoms with Crippen LogP contribution in [-0.4, -0.2) is 45.6 Å². The molecular formula is C10H19NO2S. The van der Waals surface area contributed by atoms with Gasteiger partial charge >= 0.3 is 5.97 Å². The van der Waals surface area contributed by atoms with Crippen LogP contribution in [0.1, 0.15) is 27.2 Å². The number of rotatable bonds is 3. The topological polar surface area (TPSA) is 40.5 Å². The summed E-state index contributed by atoms with van der Waals surface area (Å²) in [6.07, 6.45) is 0.252. The van der Waals surface area contributed by atoms with Gasteiger partial charge in [-0.25, -0.2) is 0 Å². The van der Waals surface area contributed by atoms with Crippen molar-refractivity contribution in [3.8, 4) is 0 Å². The lowest BCUT2D eigenvalue weighted by Crippen LogP contribution is -2.49. The Morgan fingerprint density at radius 3 is 2.86 bits per heavy atom. The maximum absolute atomic E-state index is 10.6. The van der Waals surface area contributed by atoms with Crippen molar-refractivity contribution >= 4 is 17.7 Å². The second-order valence-corrected chi connectivity index (χ2v) is 5.49. The highest BCUT2D eigenvalue weighted by Gasteiger charge is 2.29. The molecule has 1 saturated heterocycles. The number of thioether (sulfide) groups is 1. The van der Waals surface area contributed by atoms with Crippen molar-refractivity contribution in [3.05, 3.63) is 0 Å². The minimum atomic E-state index is -0.699. The van der Waals surface area contributed by atoms with Gasteiger partial charge in [-0.15, -0.1) is 0 Å². The summed E-state index contributed by atoms with van der Waals surface area (Å²) in [5, 5.41) is 9.35. The van der Waals surface area contributed by atoms with Crippen LogP contribution in [0.15, 0.2) is 0 Å². The molecule has 0 amide bonds. The molecular weight excluding hydrogens is 198 g/mol. The Kier molecular flexibility index (Phi) is 4.26. The van der Waals surface area contributed by atoms with E-state index in [9.17, 15) is 4.79 Å². The van der Waals surface area contributed by atoms with Crippen molar-refractivity contribution in [1.82, 2.24) is 4.90 Å². The van der Waals surface area contributed by atoms with Gasteiger partial charge < -0.3 is 5.11 Å². The van der Waals surface area contributed by atoms with Crippen molar-refractivity contribution in [2.24, 2.45) is 0 Å². The average molecular weight is 217 g/mol. The molecule has 82 valence electrons. The van der Waals surface area contributed by atoms with E-state index in [-0.39, 0.29) is 12.5 Å². The molecule has 4 heteroatoms. The molecule has 1 fully saturated rings. The van der Waals surface area contributed by atoms with Gasteiger partial charge in [-0.05, 0) is 13.8 Å². The lowest BCUT2D eigenvalue weighted by molar-refractivity contribution is -0.138. The largest absolute Gasteiger partial charge is 0.481 e. The van der Waals surface area contributed by atoms with Crippen molar-refractivity contribution < 1.29 is 9.90 Å². The van der Waals surface area contributed by atoms with Crippen molar-refractivity contribution in [3.63, 3.8) is 0 Å². The highest BCUT2D eigenvalue weighted by molar-refractivity contribution is 8.00. The fraction of sp³-hybridized carbons (Fsp3) is 0.900. The minimum Gasteiger partial charge on any atom is -0.481 e. The van der Waals surface area contributed by atoms with Crippen molar-refractivity contribution in [1.29, 1.82) is 0 Å². The molecule has 0 spiro atoms. The third-order valence-corrected chi connectivity index (χ3v) is 4.31. The molecule has 1 N–H and O–H groups in total. The molecule has 0 radical (unpaired) electrons. The van der Waals surface area contributed by atoms with Gasteiger partial charge in [0.1, 0.15) is 0 Å². The Morgan fingerprint density at radius 1 is 1.64 bits per heavy atom. The van der Waals surface area contributed by atoms with Crippen LogP contribution >= 0.6 is 11.8 Å². The first-order valence-corrected chi connectivity index (χ1v) is 6.16. The number of aliphatic carboxylic acids is 1. The first-order chi connectivity index (χ1) is 6.52. The lowest BCUT2D eigenvalue weighted by Gasteiger charge is -2.40. The van der Waals surface area contributed by atoms with E-state index >= 15 is 0 Å². The monoisotopic (exact) mass is 217 g/mol. The fourth-order valence-corrected chi connectivity index (χ4v) is 3.07. The molecule has 1 heterocycles. The summed E-state index contributed by atoms with van der Waals surface area (Å²) < 4.78 is 0. The maximum atomic E-state index is 10.6. The smallest absolute Gasteiger partial charge is 0.304 e. The molecule has 3 nitrogen and oxygen atoms in total. The molecule has 3 unspecified atom stereocenters. The van der Waals surface area contributed by atoms with Crippen LogP contribution in [0.2, 0.25) is 0 Å². The van der Waals surface area contributed by atoms with Gasteiger partial charge in [-0.2, -0.15) is 11.8 Å². The zero-order chi connectivity index (χ0) is 10.7. The number of hydrogen-bond acceptors (Lipinski definition) is 3. The zero-order valence-electron chi connectivity index (χ0n) is 9.06. The van der Waals surface area contributed by atoms with Crippen LogP contribution in [0.5, 0.6) is 0 Å². The molecule has 0 saturated carbocycles. The van der Waals surface area contributed by atoms with E-state index in [1.165, 1.54) is 0 Å². The van der Waals surface area contributed by atoms with Gasteiger partial charge in [0.2, 0.25) is 0 Å². The van der Waals surface area contributed by atoms with E-state index in [1.54, 1.807) is 0 Å². The predicted octanol–water partition coefficient (Wildman–Crippen LogP) is 1.68. The third kappa shape index (κ3) is 2.89. The van der Waals surface area contributed by atoms with Crippen LogP contribution in [0.3, 0.4) is 0 Å². The second kappa shape index (κ2) is 5.03. The zero-order valence-corrected chi connectivity index (χ0v) is 9.88. The number of carboxylic acid groups (broad SMARTS) is 1. The normalized spacial score (nSPS) is 31.4. The summed E-state index contributed by atoms with van der Waals surface area (Å²) in [6, 6.07) is 0.647. The first-order valence-electron chi connectivity index (χ1n) is 5.11. The number of carbonyl (C=O) groups is 1. The van der Waals surface area contributed by atoms with Crippen LogP contribution < -0.4 is 0 Å². The number of carboxylic acids is 1. The van der Waals surface area contributed by atoms with Crippen molar-refractivity contribution in [2.75, 3.05) is 12.3 Å². The average Bonchev–Trinajstić information content (AvgIpc) is 2.08. The molecule has 0 aromatic heterocycles. The molecule has 0 aromatic rings. The highest BCUT2D eigenvalue weighted by atomic mass is 32.2. The quantitative estimate of drug-likeness (QED) is 0.781. The summed E-state index contributed by atoms with van der Waals surface area (Å²) in [4.78, 5) is 12.9. The van der Waals surface area contributed by atoms with Gasteiger partial charge in [0.05, 0.1) is 6.42 Å². The molecule has 0 aromatic carbocycles. The minimum absolute atomic E-state index is 0.158. The molecule has 3 atom stereocenters. The lowest BCUT2D eigenvalue weighted by atomic mass is 10.1. The molecule has 14 heavy (non-hydrogen) atoms. The third-order valence-electron chi connectivity index (χ3n) is 2.97. The standard InChI is InChI=1S/C10H19NO2S/c1-7(6-10(12)13)11-4-5-14-9(3)8(11)2/h7-9H,4-6H2,1-3H3,(H,12,13). The number of nitrogens with zero attached hydrogens (tertiary/aromatic N) is 1. The summed E-state index contributed by atoms with van der Waals surface area (Å²) in [5.41, 5.74) is 0. The summed E-state index contributed by atoms with van der Waals surface area (Å²) in [5.74, 6) is 0.422. The Balaban J connectivity index is 2.52. The SMILES string of the molecule is CC1SCCN(C(C)CC(=O)O)C1C. The maximum Gasteiger partial charge on any atom is 0.304 e. The second-order valence-electron chi connectivity index (χ2n) is 4.00. The summed E-state index contributed by atoms with van der Waals surface area (Å²) in [7, 11) is 0. The molecule has 0 aliphatic carbocycles. The van der Waals surface area contributed by atoms with Crippen molar-refractivity contribution in [2.45, 2.75) is 44.5 Å². The van der Waals surface area contributed by atoms with Gasteiger partial charge in [-0.1, -0.05) is 6.92 Å². The highest BCUT2D eigenvalue weighted by Crippen LogP contribution is 2.26. The predicted molar refractivity (Wildman–Crippen MR) is 59.8 cm³/mol. The van der Waals surface area contributed by atoms with Gasteiger partial charge in [-0.3, -0.25) is 9.69 Å². The van der Waals surface area contributed by atoms with Gasteiger partial charge in [0.25, 0.3) is 0 Å². The van der Waals surface area contributed by atoms with Crippen LogP contribution in [0.4, 0.5) is 0 Å². The first kappa shape index (κ1) is 11.9. The Morgan fingerprint density at radius 2 is 2.29 bits per heavy atom.